The minimum Gasteiger partial charge on any atom is -0.324 e. The number of carbonyl (C=O) groups excluding carboxylic acids is 2. The first-order chi connectivity index (χ1) is 12.7. The molecule has 1 heterocycles. The fourth-order valence-corrected chi connectivity index (χ4v) is 3.28. The maximum Gasteiger partial charge on any atom is 0.249 e. The number of nitrogens with zero attached hydrogens (tertiary/aromatic N) is 2. The molecule has 3 aromatic rings. The Morgan fingerprint density at radius 3 is 2.58 bits per heavy atom. The molecule has 26 heavy (non-hydrogen) atoms. The Morgan fingerprint density at radius 1 is 1.08 bits per heavy atom. The lowest BCUT2D eigenvalue weighted by Gasteiger charge is -2.11. The van der Waals surface area contributed by atoms with Crippen molar-refractivity contribution in [3.63, 3.8) is 0 Å². The topological polar surface area (TPSA) is 82.8 Å². The zero-order valence-electron chi connectivity index (χ0n) is 13.8. The van der Waals surface area contributed by atoms with Crippen molar-refractivity contribution in [1.82, 2.24) is 4.98 Å². The number of ketones is 1. The number of hydrogen-bond acceptors (Lipinski definition) is 5. The second-order valence-electron chi connectivity index (χ2n) is 5.52. The number of rotatable bonds is 6. The van der Waals surface area contributed by atoms with Gasteiger partial charge in [0.25, 0.3) is 0 Å². The number of Topliss-reactive ketones (excluding diaryl/α,β-unsaturated/α-hetero) is 1. The van der Waals surface area contributed by atoms with E-state index in [1.807, 2.05) is 42.5 Å². The van der Waals surface area contributed by atoms with E-state index in [1.54, 1.807) is 30.6 Å². The highest BCUT2D eigenvalue weighted by atomic mass is 32.2. The molecule has 0 aliphatic carbocycles. The van der Waals surface area contributed by atoms with Gasteiger partial charge in [-0.25, -0.2) is 0 Å². The molecule has 0 saturated carbocycles. The molecule has 3 rings (SSSR count). The predicted octanol–water partition coefficient (Wildman–Crippen LogP) is 3.67. The molecule has 1 atom stereocenters. The average Bonchev–Trinajstić information content (AvgIpc) is 2.68. The van der Waals surface area contributed by atoms with Crippen molar-refractivity contribution in [2.24, 2.45) is 5.92 Å². The number of aromatic nitrogens is 1. The van der Waals surface area contributed by atoms with Crippen LogP contribution in [0.25, 0.3) is 10.8 Å². The van der Waals surface area contributed by atoms with Crippen LogP contribution in [-0.4, -0.2) is 22.4 Å². The standard InChI is InChI=1S/C20H15N3O2S/c21-12-17(19(24)13-26-15-8-10-22-11-9-15)20(25)23-18-7-3-5-14-4-1-2-6-16(14)18/h1-11,17H,13H2,(H,23,25). The van der Waals surface area contributed by atoms with Crippen LogP contribution in [0.4, 0.5) is 5.69 Å². The number of nitrogens with one attached hydrogen (secondary N) is 1. The minimum absolute atomic E-state index is 0.0468. The summed E-state index contributed by atoms with van der Waals surface area (Å²) in [4.78, 5) is 29.6. The van der Waals surface area contributed by atoms with E-state index in [1.165, 1.54) is 11.8 Å². The van der Waals surface area contributed by atoms with Gasteiger partial charge in [0.2, 0.25) is 5.91 Å². The molecule has 1 unspecified atom stereocenters. The van der Waals surface area contributed by atoms with Gasteiger partial charge >= 0.3 is 0 Å². The molecule has 2 aromatic carbocycles. The number of pyridine rings is 1. The molecule has 0 aliphatic heterocycles. The van der Waals surface area contributed by atoms with E-state index in [2.05, 4.69) is 10.3 Å². The van der Waals surface area contributed by atoms with Crippen LogP contribution in [0.15, 0.2) is 71.9 Å². The highest BCUT2D eigenvalue weighted by Gasteiger charge is 2.26. The monoisotopic (exact) mass is 361 g/mol. The smallest absolute Gasteiger partial charge is 0.249 e. The molecule has 0 aliphatic rings. The normalized spacial score (nSPS) is 11.5. The molecule has 0 fully saturated rings. The molecule has 128 valence electrons. The second-order valence-corrected chi connectivity index (χ2v) is 6.56. The molecule has 1 aromatic heterocycles. The van der Waals surface area contributed by atoms with Crippen LogP contribution in [-0.2, 0) is 9.59 Å². The number of benzene rings is 2. The first kappa shape index (κ1) is 17.6. The Hall–Kier alpha value is -3.17. The molecule has 0 radical (unpaired) electrons. The van der Waals surface area contributed by atoms with E-state index in [4.69, 9.17) is 0 Å². The zero-order chi connectivity index (χ0) is 18.4. The molecular formula is C20H15N3O2S. The number of amides is 1. The van der Waals surface area contributed by atoms with Crippen molar-refractivity contribution >= 4 is 39.9 Å². The highest BCUT2D eigenvalue weighted by Crippen LogP contribution is 2.24. The molecule has 0 spiro atoms. The van der Waals surface area contributed by atoms with Gasteiger partial charge in [-0.05, 0) is 23.6 Å². The summed E-state index contributed by atoms with van der Waals surface area (Å²) in [7, 11) is 0. The van der Waals surface area contributed by atoms with Gasteiger partial charge < -0.3 is 5.32 Å². The Labute approximate surface area is 155 Å². The van der Waals surface area contributed by atoms with Crippen molar-refractivity contribution in [3.8, 4) is 6.07 Å². The number of anilines is 1. The molecular weight excluding hydrogens is 346 g/mol. The Bertz CT molecular complexity index is 978. The van der Waals surface area contributed by atoms with E-state index < -0.39 is 17.6 Å². The predicted molar refractivity (Wildman–Crippen MR) is 102 cm³/mol. The third kappa shape index (κ3) is 4.08. The maximum absolute atomic E-state index is 12.5. The van der Waals surface area contributed by atoms with Gasteiger partial charge in [-0.15, -0.1) is 11.8 Å². The molecule has 0 bridgehead atoms. The maximum atomic E-state index is 12.5. The van der Waals surface area contributed by atoms with Crippen molar-refractivity contribution in [3.05, 3.63) is 67.0 Å². The van der Waals surface area contributed by atoms with E-state index in [-0.39, 0.29) is 5.75 Å². The van der Waals surface area contributed by atoms with E-state index in [0.717, 1.165) is 15.7 Å². The minimum atomic E-state index is -1.34. The third-order valence-corrected chi connectivity index (χ3v) is 4.83. The van der Waals surface area contributed by atoms with Crippen molar-refractivity contribution in [1.29, 1.82) is 5.26 Å². The third-order valence-electron chi connectivity index (χ3n) is 3.79. The van der Waals surface area contributed by atoms with Gasteiger partial charge in [0, 0.05) is 28.4 Å². The van der Waals surface area contributed by atoms with Gasteiger partial charge in [-0.1, -0.05) is 36.4 Å². The zero-order valence-corrected chi connectivity index (χ0v) is 14.6. The number of hydrogen-bond donors (Lipinski definition) is 1. The summed E-state index contributed by atoms with van der Waals surface area (Å²) < 4.78 is 0. The van der Waals surface area contributed by atoms with E-state index >= 15 is 0 Å². The summed E-state index contributed by atoms with van der Waals surface area (Å²) in [6, 6.07) is 18.5. The van der Waals surface area contributed by atoms with Crippen molar-refractivity contribution < 1.29 is 9.59 Å². The summed E-state index contributed by atoms with van der Waals surface area (Å²) >= 11 is 1.28. The lowest BCUT2D eigenvalue weighted by Crippen LogP contribution is -2.29. The van der Waals surface area contributed by atoms with Crippen molar-refractivity contribution in [2.75, 3.05) is 11.1 Å². The van der Waals surface area contributed by atoms with Crippen molar-refractivity contribution in [2.45, 2.75) is 4.90 Å². The van der Waals surface area contributed by atoms with Gasteiger partial charge in [0.15, 0.2) is 11.7 Å². The van der Waals surface area contributed by atoms with E-state index in [0.29, 0.717) is 5.69 Å². The lowest BCUT2D eigenvalue weighted by molar-refractivity contribution is -0.127. The molecule has 1 N–H and O–H groups in total. The SMILES string of the molecule is N#CC(C(=O)CSc1ccncc1)C(=O)Nc1cccc2ccccc12. The Balaban J connectivity index is 1.70. The average molecular weight is 361 g/mol. The van der Waals surface area contributed by atoms with Gasteiger partial charge in [0.05, 0.1) is 11.8 Å². The Morgan fingerprint density at radius 2 is 1.81 bits per heavy atom. The molecule has 6 heteroatoms. The molecule has 1 amide bonds. The fraction of sp³-hybridized carbons (Fsp3) is 0.100. The number of nitriles is 1. The van der Waals surface area contributed by atoms with Crippen LogP contribution >= 0.6 is 11.8 Å². The quantitative estimate of drug-likeness (QED) is 0.535. The lowest BCUT2D eigenvalue weighted by atomic mass is 10.0. The summed E-state index contributed by atoms with van der Waals surface area (Å²) in [5.41, 5.74) is 0.586. The summed E-state index contributed by atoms with van der Waals surface area (Å²) in [6.45, 7) is 0. The number of carbonyl (C=O) groups is 2. The van der Waals surface area contributed by atoms with Crippen LogP contribution in [0.1, 0.15) is 0 Å². The van der Waals surface area contributed by atoms with Crippen LogP contribution < -0.4 is 5.32 Å². The summed E-state index contributed by atoms with van der Waals surface area (Å²) in [6.07, 6.45) is 3.25. The van der Waals surface area contributed by atoms with Gasteiger partial charge in [-0.3, -0.25) is 14.6 Å². The fourth-order valence-electron chi connectivity index (χ4n) is 2.49. The van der Waals surface area contributed by atoms with E-state index in [9.17, 15) is 14.9 Å². The first-order valence-corrected chi connectivity index (χ1v) is 8.91. The van der Waals surface area contributed by atoms with Crippen LogP contribution in [0.5, 0.6) is 0 Å². The van der Waals surface area contributed by atoms with Crippen LogP contribution in [0.3, 0.4) is 0 Å². The van der Waals surface area contributed by atoms with Gasteiger partial charge in [-0.2, -0.15) is 5.26 Å². The second kappa shape index (κ2) is 8.28. The largest absolute Gasteiger partial charge is 0.324 e. The highest BCUT2D eigenvalue weighted by molar-refractivity contribution is 8.00. The van der Waals surface area contributed by atoms with Crippen LogP contribution in [0.2, 0.25) is 0 Å². The number of thioether (sulfide) groups is 1. The molecule has 0 saturated heterocycles. The Kier molecular flexibility index (Phi) is 5.62. The van der Waals surface area contributed by atoms with Gasteiger partial charge in [0.1, 0.15) is 0 Å². The first-order valence-electron chi connectivity index (χ1n) is 7.93. The summed E-state index contributed by atoms with van der Waals surface area (Å²) in [5.74, 6) is -2.33. The van der Waals surface area contributed by atoms with Crippen LogP contribution in [0, 0.1) is 17.2 Å². The molecule has 5 nitrogen and oxygen atoms in total. The summed E-state index contributed by atoms with van der Waals surface area (Å²) in [5, 5.41) is 13.8. The number of fused-ring (bicyclic) bond motifs is 1.